The van der Waals surface area contributed by atoms with Gasteiger partial charge in [0.1, 0.15) is 11.8 Å². The molecule has 0 atom stereocenters. The zero-order chi connectivity index (χ0) is 12.8. The molecule has 2 rings (SSSR count). The summed E-state index contributed by atoms with van der Waals surface area (Å²) in [7, 11) is 1.59. The topological polar surface area (TPSA) is 54.3 Å². The number of ether oxygens (including phenoxy) is 2. The van der Waals surface area contributed by atoms with Gasteiger partial charge >= 0.3 is 0 Å². The minimum absolute atomic E-state index is 0.528. The van der Waals surface area contributed by atoms with E-state index in [1.54, 1.807) is 13.2 Å². The van der Waals surface area contributed by atoms with Crippen LogP contribution < -0.4 is 10.1 Å². The summed E-state index contributed by atoms with van der Waals surface area (Å²) in [6, 6.07) is 8.34. The molecule has 1 aliphatic heterocycles. The number of hydrogen-bond acceptors (Lipinski definition) is 4. The summed E-state index contributed by atoms with van der Waals surface area (Å²) in [6.07, 6.45) is 2.13. The van der Waals surface area contributed by atoms with Crippen LogP contribution in [0.5, 0.6) is 5.75 Å². The highest BCUT2D eigenvalue weighted by Crippen LogP contribution is 2.19. The number of rotatable bonds is 4. The van der Waals surface area contributed by atoms with Gasteiger partial charge in [0.05, 0.1) is 12.7 Å². The first-order valence-electron chi connectivity index (χ1n) is 6.21. The third kappa shape index (κ3) is 3.22. The molecule has 0 amide bonds. The van der Waals surface area contributed by atoms with Gasteiger partial charge in [0, 0.05) is 25.8 Å². The minimum Gasteiger partial charge on any atom is -0.495 e. The fourth-order valence-electron chi connectivity index (χ4n) is 2.10. The normalized spacial score (nSPS) is 16.2. The van der Waals surface area contributed by atoms with Gasteiger partial charge < -0.3 is 14.8 Å². The molecule has 0 aromatic heterocycles. The van der Waals surface area contributed by atoms with Gasteiger partial charge in [-0.15, -0.1) is 0 Å². The van der Waals surface area contributed by atoms with E-state index >= 15 is 0 Å². The highest BCUT2D eigenvalue weighted by Gasteiger charge is 2.13. The average Bonchev–Trinajstić information content (AvgIpc) is 2.45. The fourth-order valence-corrected chi connectivity index (χ4v) is 2.10. The quantitative estimate of drug-likeness (QED) is 0.880. The van der Waals surface area contributed by atoms with Crippen molar-refractivity contribution in [3.05, 3.63) is 29.3 Å². The number of nitriles is 1. The molecule has 0 unspecified atom stereocenters. The number of hydrogen-bond donors (Lipinski definition) is 1. The van der Waals surface area contributed by atoms with E-state index in [4.69, 9.17) is 14.7 Å². The minimum atomic E-state index is 0.528. The molecule has 0 saturated carbocycles. The highest BCUT2D eigenvalue weighted by atomic mass is 16.5. The Morgan fingerprint density at radius 2 is 2.22 bits per heavy atom. The zero-order valence-electron chi connectivity index (χ0n) is 10.6. The number of nitrogens with one attached hydrogen (secondary N) is 1. The molecule has 0 bridgehead atoms. The lowest BCUT2D eigenvalue weighted by molar-refractivity contribution is 0.0776. The molecule has 4 heteroatoms. The van der Waals surface area contributed by atoms with Crippen molar-refractivity contribution < 1.29 is 9.47 Å². The molecule has 0 spiro atoms. The Morgan fingerprint density at radius 3 is 2.89 bits per heavy atom. The monoisotopic (exact) mass is 246 g/mol. The summed E-state index contributed by atoms with van der Waals surface area (Å²) >= 11 is 0. The van der Waals surface area contributed by atoms with E-state index in [2.05, 4.69) is 11.4 Å². The van der Waals surface area contributed by atoms with Gasteiger partial charge in [-0.3, -0.25) is 0 Å². The van der Waals surface area contributed by atoms with Gasteiger partial charge in [0.2, 0.25) is 0 Å². The molecular formula is C14H18N2O2. The molecule has 0 aliphatic carbocycles. The summed E-state index contributed by atoms with van der Waals surface area (Å²) in [5.41, 5.74) is 1.71. The van der Waals surface area contributed by atoms with E-state index in [0.29, 0.717) is 17.4 Å². The van der Waals surface area contributed by atoms with Crippen LogP contribution in [0.2, 0.25) is 0 Å². The van der Waals surface area contributed by atoms with Crippen LogP contribution in [0.3, 0.4) is 0 Å². The number of nitrogens with zero attached hydrogens (tertiary/aromatic N) is 1. The molecule has 4 nitrogen and oxygen atoms in total. The summed E-state index contributed by atoms with van der Waals surface area (Å²) in [6.45, 7) is 2.48. The van der Waals surface area contributed by atoms with Gasteiger partial charge in [-0.05, 0) is 30.5 Å². The lowest BCUT2D eigenvalue weighted by Crippen LogP contribution is -2.34. The first-order valence-corrected chi connectivity index (χ1v) is 6.21. The largest absolute Gasteiger partial charge is 0.495 e. The maximum Gasteiger partial charge on any atom is 0.136 e. The van der Waals surface area contributed by atoms with Crippen LogP contribution in [0.1, 0.15) is 24.0 Å². The average molecular weight is 246 g/mol. The Bertz CT molecular complexity index is 434. The molecule has 1 aromatic rings. The van der Waals surface area contributed by atoms with Crippen molar-refractivity contribution >= 4 is 0 Å². The molecule has 1 N–H and O–H groups in total. The predicted octanol–water partition coefficient (Wildman–Crippen LogP) is 1.84. The van der Waals surface area contributed by atoms with Crippen LogP contribution >= 0.6 is 0 Å². The molecule has 18 heavy (non-hydrogen) atoms. The van der Waals surface area contributed by atoms with Crippen molar-refractivity contribution in [2.75, 3.05) is 20.3 Å². The molecule has 1 saturated heterocycles. The van der Waals surface area contributed by atoms with E-state index in [9.17, 15) is 0 Å². The summed E-state index contributed by atoms with van der Waals surface area (Å²) in [5.74, 6) is 0.642. The molecule has 0 radical (unpaired) electrons. The Labute approximate surface area is 108 Å². The first kappa shape index (κ1) is 12.9. The van der Waals surface area contributed by atoms with Crippen LogP contribution in [-0.2, 0) is 11.3 Å². The van der Waals surface area contributed by atoms with Crippen molar-refractivity contribution in [3.63, 3.8) is 0 Å². The summed E-state index contributed by atoms with van der Waals surface area (Å²) < 4.78 is 10.5. The van der Waals surface area contributed by atoms with Gasteiger partial charge in [0.15, 0.2) is 0 Å². The Morgan fingerprint density at radius 1 is 1.44 bits per heavy atom. The lowest BCUT2D eigenvalue weighted by atomic mass is 10.1. The molecular weight excluding hydrogens is 228 g/mol. The molecule has 96 valence electrons. The highest BCUT2D eigenvalue weighted by molar-refractivity contribution is 5.45. The van der Waals surface area contributed by atoms with E-state index in [1.165, 1.54) is 0 Å². The Kier molecular flexibility index (Phi) is 4.57. The smallest absolute Gasteiger partial charge is 0.136 e. The van der Waals surface area contributed by atoms with Crippen LogP contribution in [-0.4, -0.2) is 26.4 Å². The molecule has 1 fully saturated rings. The molecule has 1 aromatic carbocycles. The number of benzene rings is 1. The number of methoxy groups -OCH3 is 1. The third-order valence-corrected chi connectivity index (χ3v) is 3.20. The van der Waals surface area contributed by atoms with Crippen LogP contribution in [0.25, 0.3) is 0 Å². The van der Waals surface area contributed by atoms with Crippen molar-refractivity contribution in [3.8, 4) is 11.8 Å². The first-order chi connectivity index (χ1) is 8.83. The fraction of sp³-hybridized carbons (Fsp3) is 0.500. The second-order valence-electron chi connectivity index (χ2n) is 4.41. The van der Waals surface area contributed by atoms with E-state index in [-0.39, 0.29) is 0 Å². The second kappa shape index (κ2) is 6.39. The summed E-state index contributed by atoms with van der Waals surface area (Å²) in [5, 5.41) is 12.4. The van der Waals surface area contributed by atoms with Gasteiger partial charge in [-0.2, -0.15) is 5.26 Å². The van der Waals surface area contributed by atoms with Gasteiger partial charge in [-0.25, -0.2) is 0 Å². The van der Waals surface area contributed by atoms with Gasteiger partial charge in [-0.1, -0.05) is 6.07 Å². The Hall–Kier alpha value is -1.57. The second-order valence-corrected chi connectivity index (χ2v) is 4.41. The van der Waals surface area contributed by atoms with E-state index < -0.39 is 0 Å². The van der Waals surface area contributed by atoms with Crippen LogP contribution in [0.4, 0.5) is 0 Å². The summed E-state index contributed by atoms with van der Waals surface area (Å²) in [4.78, 5) is 0. The van der Waals surface area contributed by atoms with Crippen LogP contribution in [0.15, 0.2) is 18.2 Å². The third-order valence-electron chi connectivity index (χ3n) is 3.20. The maximum absolute atomic E-state index is 8.91. The van der Waals surface area contributed by atoms with E-state index in [0.717, 1.165) is 38.2 Å². The van der Waals surface area contributed by atoms with Gasteiger partial charge in [0.25, 0.3) is 0 Å². The maximum atomic E-state index is 8.91. The van der Waals surface area contributed by atoms with Crippen molar-refractivity contribution in [1.29, 1.82) is 5.26 Å². The van der Waals surface area contributed by atoms with Crippen LogP contribution in [0, 0.1) is 11.3 Å². The SMILES string of the molecule is COc1cc(CNC2CCOCC2)ccc1C#N. The zero-order valence-corrected chi connectivity index (χ0v) is 10.6. The van der Waals surface area contributed by atoms with Crippen molar-refractivity contribution in [2.24, 2.45) is 0 Å². The molecule has 1 aliphatic rings. The van der Waals surface area contributed by atoms with Crippen molar-refractivity contribution in [2.45, 2.75) is 25.4 Å². The van der Waals surface area contributed by atoms with Crippen molar-refractivity contribution in [1.82, 2.24) is 5.32 Å². The standard InChI is InChI=1S/C14H18N2O2/c1-17-14-8-11(2-3-12(14)9-15)10-16-13-4-6-18-7-5-13/h2-3,8,13,16H,4-7,10H2,1H3. The predicted molar refractivity (Wildman–Crippen MR) is 68.4 cm³/mol. The Balaban J connectivity index is 1.95. The van der Waals surface area contributed by atoms with E-state index in [1.807, 2.05) is 12.1 Å². The lowest BCUT2D eigenvalue weighted by Gasteiger charge is -2.23. The molecule has 1 heterocycles.